The molecule has 2 N–H and O–H groups in total. The molecule has 0 aromatic heterocycles. The van der Waals surface area contributed by atoms with Crippen LogP contribution in [0.2, 0.25) is 0 Å². The van der Waals surface area contributed by atoms with Gasteiger partial charge in [-0.2, -0.15) is 0 Å². The summed E-state index contributed by atoms with van der Waals surface area (Å²) >= 11 is 0. The van der Waals surface area contributed by atoms with Crippen LogP contribution in [0, 0.1) is 10.1 Å². The van der Waals surface area contributed by atoms with Crippen LogP contribution in [0.3, 0.4) is 0 Å². The topological polar surface area (TPSA) is 87.8 Å². The number of aliphatic imine (C=N–C) groups is 1. The van der Waals surface area contributed by atoms with Gasteiger partial charge >= 0.3 is 0 Å². The third-order valence-corrected chi connectivity index (χ3v) is 2.98. The van der Waals surface area contributed by atoms with E-state index in [1.165, 1.54) is 16.3 Å². The maximum atomic E-state index is 8.36. The Balaban J connectivity index is 0.000000328. The molecule has 20 heavy (non-hydrogen) atoms. The lowest BCUT2D eigenvalue weighted by molar-refractivity contribution is -0.742. The molecule has 0 unspecified atom stereocenters. The summed E-state index contributed by atoms with van der Waals surface area (Å²) in [6, 6.07) is 15.0. The first-order valence-electron chi connectivity index (χ1n) is 6.24. The van der Waals surface area contributed by atoms with Crippen LogP contribution in [-0.4, -0.2) is 29.2 Å². The summed E-state index contributed by atoms with van der Waals surface area (Å²) in [5.41, 5.74) is 1.35. The van der Waals surface area contributed by atoms with E-state index >= 15 is 0 Å². The number of hydrogen-bond donors (Lipinski definition) is 2. The van der Waals surface area contributed by atoms with E-state index in [1.54, 1.807) is 0 Å². The SMILES string of the molecule is O=[N+]([O-])O.c1ccc2c(CC3=NCCN3)cccc2c1. The molecule has 0 fully saturated rings. The second-order valence-electron chi connectivity index (χ2n) is 4.31. The molecule has 0 saturated heterocycles. The van der Waals surface area contributed by atoms with Crippen molar-refractivity contribution >= 4 is 16.6 Å². The van der Waals surface area contributed by atoms with E-state index in [1.807, 2.05) is 0 Å². The third kappa shape index (κ3) is 3.68. The molecule has 1 heterocycles. The number of nitrogens with one attached hydrogen (secondary N) is 1. The molecule has 3 rings (SSSR count). The van der Waals surface area contributed by atoms with E-state index in [0.29, 0.717) is 0 Å². The van der Waals surface area contributed by atoms with Gasteiger partial charge in [0, 0.05) is 13.0 Å². The summed E-state index contributed by atoms with van der Waals surface area (Å²) in [7, 11) is 0. The van der Waals surface area contributed by atoms with Crippen molar-refractivity contribution in [3.05, 3.63) is 58.1 Å². The van der Waals surface area contributed by atoms with Gasteiger partial charge < -0.3 is 10.5 Å². The number of benzene rings is 2. The number of hydrogen-bond acceptors (Lipinski definition) is 4. The maximum Gasteiger partial charge on any atom is 0.291 e. The molecule has 1 aliphatic heterocycles. The monoisotopic (exact) mass is 273 g/mol. The van der Waals surface area contributed by atoms with E-state index in [4.69, 9.17) is 15.3 Å². The molecule has 104 valence electrons. The highest BCUT2D eigenvalue weighted by atomic mass is 16.9. The zero-order valence-electron chi connectivity index (χ0n) is 10.8. The Labute approximate surface area is 115 Å². The zero-order chi connectivity index (χ0) is 14.4. The molecule has 0 bridgehead atoms. The largest absolute Gasteiger partial charge is 0.372 e. The van der Waals surface area contributed by atoms with Gasteiger partial charge in [-0.3, -0.25) is 4.99 Å². The summed E-state index contributed by atoms with van der Waals surface area (Å²) < 4.78 is 0. The van der Waals surface area contributed by atoms with Crippen LogP contribution in [0.15, 0.2) is 47.5 Å². The van der Waals surface area contributed by atoms with Crippen LogP contribution in [0.4, 0.5) is 0 Å². The summed E-state index contributed by atoms with van der Waals surface area (Å²) in [5, 5.41) is 19.6. The van der Waals surface area contributed by atoms with Crippen molar-refractivity contribution in [1.29, 1.82) is 0 Å². The minimum Gasteiger partial charge on any atom is -0.372 e. The third-order valence-electron chi connectivity index (χ3n) is 2.98. The highest BCUT2D eigenvalue weighted by Gasteiger charge is 2.07. The van der Waals surface area contributed by atoms with E-state index < -0.39 is 5.09 Å². The lowest BCUT2D eigenvalue weighted by Gasteiger charge is -2.06. The van der Waals surface area contributed by atoms with E-state index in [0.717, 1.165) is 25.3 Å². The Bertz CT molecular complexity index is 631. The molecule has 6 heteroatoms. The van der Waals surface area contributed by atoms with E-state index in [9.17, 15) is 0 Å². The van der Waals surface area contributed by atoms with Gasteiger partial charge in [-0.15, -0.1) is 10.1 Å². The lowest BCUT2D eigenvalue weighted by atomic mass is 10.0. The summed E-state index contributed by atoms with van der Waals surface area (Å²) in [5.74, 6) is 1.12. The first-order chi connectivity index (χ1) is 9.66. The summed E-state index contributed by atoms with van der Waals surface area (Å²) in [4.78, 5) is 12.8. The van der Waals surface area contributed by atoms with Gasteiger partial charge in [-0.25, -0.2) is 0 Å². The van der Waals surface area contributed by atoms with Crippen molar-refractivity contribution in [2.75, 3.05) is 13.1 Å². The molecule has 2 aromatic carbocycles. The first-order valence-corrected chi connectivity index (χ1v) is 6.24. The molecule has 0 spiro atoms. The minimum atomic E-state index is -1.50. The Morgan fingerprint density at radius 1 is 1.25 bits per heavy atom. The Hall–Kier alpha value is -2.63. The highest BCUT2D eigenvalue weighted by molar-refractivity contribution is 5.92. The van der Waals surface area contributed by atoms with Crippen molar-refractivity contribution in [3.8, 4) is 0 Å². The van der Waals surface area contributed by atoms with E-state index in [2.05, 4.69) is 52.8 Å². The Kier molecular flexibility index (Phi) is 4.49. The van der Waals surface area contributed by atoms with Crippen LogP contribution >= 0.6 is 0 Å². The smallest absolute Gasteiger partial charge is 0.291 e. The van der Waals surface area contributed by atoms with Gasteiger partial charge in [-0.05, 0) is 16.3 Å². The molecule has 0 radical (unpaired) electrons. The second-order valence-corrected chi connectivity index (χ2v) is 4.31. The molecule has 0 aliphatic carbocycles. The van der Waals surface area contributed by atoms with Gasteiger partial charge in [0.05, 0.1) is 6.54 Å². The van der Waals surface area contributed by atoms with Crippen molar-refractivity contribution in [2.24, 2.45) is 4.99 Å². The van der Waals surface area contributed by atoms with Crippen LogP contribution < -0.4 is 5.32 Å². The lowest BCUT2D eigenvalue weighted by Crippen LogP contribution is -2.20. The average Bonchev–Trinajstić information content (AvgIpc) is 2.91. The van der Waals surface area contributed by atoms with Crippen LogP contribution in [0.25, 0.3) is 10.8 Å². The van der Waals surface area contributed by atoms with Crippen molar-refractivity contribution in [2.45, 2.75) is 6.42 Å². The zero-order valence-corrected chi connectivity index (χ0v) is 10.8. The number of rotatable bonds is 2. The number of fused-ring (bicyclic) bond motifs is 1. The molecule has 2 aromatic rings. The predicted octanol–water partition coefficient (Wildman–Crippen LogP) is 2.04. The first kappa shape index (κ1) is 13.8. The Morgan fingerprint density at radius 3 is 2.65 bits per heavy atom. The quantitative estimate of drug-likeness (QED) is 0.647. The molecule has 0 atom stereocenters. The number of amidine groups is 1. The number of nitrogens with zero attached hydrogens (tertiary/aromatic N) is 2. The van der Waals surface area contributed by atoms with Crippen LogP contribution in [0.5, 0.6) is 0 Å². The molecular formula is C14H15N3O3. The summed E-state index contributed by atoms with van der Waals surface area (Å²) in [6.07, 6.45) is 0.918. The van der Waals surface area contributed by atoms with Crippen molar-refractivity contribution in [3.63, 3.8) is 0 Å². The van der Waals surface area contributed by atoms with Gasteiger partial charge in [0.15, 0.2) is 0 Å². The van der Waals surface area contributed by atoms with Crippen LogP contribution in [-0.2, 0) is 6.42 Å². The fourth-order valence-electron chi connectivity index (χ4n) is 2.19. The highest BCUT2D eigenvalue weighted by Crippen LogP contribution is 2.19. The van der Waals surface area contributed by atoms with Gasteiger partial charge in [0.25, 0.3) is 5.09 Å². The van der Waals surface area contributed by atoms with E-state index in [-0.39, 0.29) is 0 Å². The molecule has 0 saturated carbocycles. The maximum absolute atomic E-state index is 8.36. The molecule has 0 amide bonds. The van der Waals surface area contributed by atoms with Gasteiger partial charge in [0.1, 0.15) is 5.84 Å². The fraction of sp³-hybridized carbons (Fsp3) is 0.214. The van der Waals surface area contributed by atoms with Crippen molar-refractivity contribution < 1.29 is 10.3 Å². The standard InChI is InChI=1S/C14H14N2.HNO3/c1-2-7-13-11(4-1)5-3-6-12(13)10-14-15-8-9-16-14;2-1(3)4/h1-7H,8-10H2,(H,15,16);(H,2,3,4). The average molecular weight is 273 g/mol. The van der Waals surface area contributed by atoms with Crippen molar-refractivity contribution in [1.82, 2.24) is 5.32 Å². The molecular weight excluding hydrogens is 258 g/mol. The van der Waals surface area contributed by atoms with Gasteiger partial charge in [-0.1, -0.05) is 42.5 Å². The molecule has 6 nitrogen and oxygen atoms in total. The Morgan fingerprint density at radius 2 is 1.95 bits per heavy atom. The summed E-state index contributed by atoms with van der Waals surface area (Å²) in [6.45, 7) is 1.90. The van der Waals surface area contributed by atoms with Crippen LogP contribution in [0.1, 0.15) is 5.56 Å². The molecule has 1 aliphatic rings. The minimum absolute atomic E-state index is 0.917. The van der Waals surface area contributed by atoms with Gasteiger partial charge in [0.2, 0.25) is 0 Å². The predicted molar refractivity (Wildman–Crippen MR) is 76.7 cm³/mol. The normalized spacial score (nSPS) is 13.1. The fourth-order valence-corrected chi connectivity index (χ4v) is 2.19. The second kappa shape index (κ2) is 6.51.